The number of amides is 1. The van der Waals surface area contributed by atoms with Gasteiger partial charge in [-0.15, -0.1) is 0 Å². The van der Waals surface area contributed by atoms with Gasteiger partial charge in [0.05, 0.1) is 22.5 Å². The lowest BCUT2D eigenvalue weighted by molar-refractivity contribution is -0.385. The van der Waals surface area contributed by atoms with Crippen molar-refractivity contribution in [3.63, 3.8) is 0 Å². The van der Waals surface area contributed by atoms with Gasteiger partial charge in [0.25, 0.3) is 17.2 Å². The molecule has 0 atom stereocenters. The number of aromatic amines is 1. The van der Waals surface area contributed by atoms with E-state index in [4.69, 9.17) is 0 Å². The van der Waals surface area contributed by atoms with E-state index < -0.39 is 16.4 Å². The molecule has 0 unspecified atom stereocenters. The number of aromatic nitrogens is 6. The molecule has 5 rings (SSSR count). The Bertz CT molecular complexity index is 1620. The fourth-order valence-corrected chi connectivity index (χ4v) is 3.52. The standard InChI is InChI=1S/C22H16N8O4/c1-13-11-18(24-20(31)15-9-5-6-10-17(15)30(33)34)29(27-13)22-25-19-16(21(32)26-22)12-23-28(19)14-7-3-2-4-8-14/h2-12H,1H3,(H,24,31)(H,25,26,32). The minimum atomic E-state index is -0.703. The van der Waals surface area contributed by atoms with Gasteiger partial charge in [-0.1, -0.05) is 30.3 Å². The van der Waals surface area contributed by atoms with Crippen LogP contribution in [0, 0.1) is 17.0 Å². The number of carbonyl (C=O) groups excluding carboxylic acids is 1. The molecule has 2 N–H and O–H groups in total. The third-order valence-electron chi connectivity index (χ3n) is 5.05. The Morgan fingerprint density at radius 2 is 1.82 bits per heavy atom. The molecule has 0 fully saturated rings. The molecule has 1 amide bonds. The highest BCUT2D eigenvalue weighted by molar-refractivity contribution is 6.06. The first-order chi connectivity index (χ1) is 16.4. The lowest BCUT2D eigenvalue weighted by atomic mass is 10.1. The number of carbonyl (C=O) groups is 1. The van der Waals surface area contributed by atoms with Crippen LogP contribution in [0.2, 0.25) is 0 Å². The molecule has 0 aliphatic rings. The van der Waals surface area contributed by atoms with E-state index in [0.717, 1.165) is 0 Å². The second kappa shape index (κ2) is 8.09. The third-order valence-corrected chi connectivity index (χ3v) is 5.05. The zero-order valence-corrected chi connectivity index (χ0v) is 17.7. The number of nitrogens with zero attached hydrogens (tertiary/aromatic N) is 6. The molecule has 0 saturated heterocycles. The molecule has 3 heterocycles. The van der Waals surface area contributed by atoms with Crippen molar-refractivity contribution in [2.75, 3.05) is 5.32 Å². The molecule has 5 aromatic rings. The summed E-state index contributed by atoms with van der Waals surface area (Å²) in [6.07, 6.45) is 1.42. The molecule has 0 bridgehead atoms. The highest BCUT2D eigenvalue weighted by atomic mass is 16.6. The Morgan fingerprint density at radius 1 is 1.09 bits per heavy atom. The van der Waals surface area contributed by atoms with E-state index in [9.17, 15) is 19.7 Å². The van der Waals surface area contributed by atoms with Crippen molar-refractivity contribution in [1.82, 2.24) is 29.5 Å². The van der Waals surface area contributed by atoms with Crippen molar-refractivity contribution in [2.45, 2.75) is 6.92 Å². The molecule has 168 valence electrons. The van der Waals surface area contributed by atoms with Crippen LogP contribution >= 0.6 is 0 Å². The summed E-state index contributed by atoms with van der Waals surface area (Å²) in [5, 5.41) is 22.8. The van der Waals surface area contributed by atoms with Crippen LogP contribution in [0.15, 0.2) is 71.7 Å². The second-order valence-electron chi connectivity index (χ2n) is 7.33. The zero-order valence-electron chi connectivity index (χ0n) is 17.7. The average molecular weight is 456 g/mol. The minimum Gasteiger partial charge on any atom is -0.306 e. The summed E-state index contributed by atoms with van der Waals surface area (Å²) in [4.78, 5) is 43.4. The molecule has 34 heavy (non-hydrogen) atoms. The van der Waals surface area contributed by atoms with Crippen LogP contribution in [0.1, 0.15) is 16.1 Å². The zero-order chi connectivity index (χ0) is 23.8. The number of nitro benzene ring substituents is 1. The summed E-state index contributed by atoms with van der Waals surface area (Å²) < 4.78 is 2.78. The predicted octanol–water partition coefficient (Wildman–Crippen LogP) is 2.76. The highest BCUT2D eigenvalue weighted by Gasteiger charge is 2.22. The summed E-state index contributed by atoms with van der Waals surface area (Å²) in [6, 6.07) is 16.3. The fourth-order valence-electron chi connectivity index (χ4n) is 3.52. The van der Waals surface area contributed by atoms with Crippen LogP contribution in [0.5, 0.6) is 0 Å². The van der Waals surface area contributed by atoms with Crippen LogP contribution < -0.4 is 10.9 Å². The smallest absolute Gasteiger partial charge is 0.282 e. The van der Waals surface area contributed by atoms with Gasteiger partial charge in [-0.25, -0.2) is 4.68 Å². The summed E-state index contributed by atoms with van der Waals surface area (Å²) in [5.74, 6) is -0.485. The quantitative estimate of drug-likeness (QED) is 0.304. The van der Waals surface area contributed by atoms with E-state index in [1.54, 1.807) is 13.0 Å². The summed E-state index contributed by atoms with van der Waals surface area (Å²) >= 11 is 0. The van der Waals surface area contributed by atoms with Crippen LogP contribution in [0.3, 0.4) is 0 Å². The summed E-state index contributed by atoms with van der Waals surface area (Å²) in [7, 11) is 0. The van der Waals surface area contributed by atoms with Crippen molar-refractivity contribution >= 4 is 28.4 Å². The maximum Gasteiger partial charge on any atom is 0.282 e. The summed E-state index contributed by atoms with van der Waals surface area (Å²) in [6.45, 7) is 1.70. The van der Waals surface area contributed by atoms with E-state index in [2.05, 4.69) is 25.5 Å². The van der Waals surface area contributed by atoms with E-state index >= 15 is 0 Å². The van der Waals surface area contributed by atoms with Gasteiger partial charge in [0.1, 0.15) is 16.8 Å². The van der Waals surface area contributed by atoms with E-state index in [1.807, 2.05) is 30.3 Å². The number of nitrogens with one attached hydrogen (secondary N) is 2. The molecular formula is C22H16N8O4. The molecule has 12 heteroatoms. The van der Waals surface area contributed by atoms with Gasteiger partial charge in [0.2, 0.25) is 5.95 Å². The van der Waals surface area contributed by atoms with Gasteiger partial charge in [0.15, 0.2) is 5.65 Å². The number of hydrogen-bond donors (Lipinski definition) is 2. The molecule has 2 aromatic carbocycles. The van der Waals surface area contributed by atoms with Crippen molar-refractivity contribution in [2.24, 2.45) is 0 Å². The molecule has 0 spiro atoms. The van der Waals surface area contributed by atoms with Crippen LogP contribution in [-0.4, -0.2) is 40.4 Å². The number of benzene rings is 2. The summed E-state index contributed by atoms with van der Waals surface area (Å²) in [5.41, 5.74) is 0.653. The third kappa shape index (κ3) is 3.58. The van der Waals surface area contributed by atoms with Gasteiger partial charge >= 0.3 is 0 Å². The van der Waals surface area contributed by atoms with Crippen LogP contribution in [0.4, 0.5) is 11.5 Å². The Balaban J connectivity index is 1.59. The SMILES string of the molecule is Cc1cc(NC(=O)c2ccccc2[N+](=O)[O-])n(-c2nc3c(cnn3-c3ccccc3)c(=O)[nH]2)n1. The highest BCUT2D eigenvalue weighted by Crippen LogP contribution is 2.22. The number of anilines is 1. The van der Waals surface area contributed by atoms with Crippen LogP contribution in [0.25, 0.3) is 22.7 Å². The number of fused-ring (bicyclic) bond motifs is 1. The Hall–Kier alpha value is -5.13. The largest absolute Gasteiger partial charge is 0.306 e. The van der Waals surface area contributed by atoms with Gasteiger partial charge in [0, 0.05) is 12.1 Å². The maximum atomic E-state index is 12.8. The predicted molar refractivity (Wildman–Crippen MR) is 122 cm³/mol. The van der Waals surface area contributed by atoms with E-state index in [-0.39, 0.29) is 28.4 Å². The van der Waals surface area contributed by atoms with Gasteiger partial charge < -0.3 is 5.32 Å². The number of para-hydroxylation sites is 2. The molecule has 0 radical (unpaired) electrons. The first-order valence-corrected chi connectivity index (χ1v) is 10.1. The van der Waals surface area contributed by atoms with Crippen molar-refractivity contribution in [3.05, 3.63) is 98.6 Å². The first kappa shape index (κ1) is 20.8. The van der Waals surface area contributed by atoms with E-state index in [1.165, 1.54) is 39.8 Å². The molecule has 3 aromatic heterocycles. The maximum absolute atomic E-state index is 12.8. The lowest BCUT2D eigenvalue weighted by Gasteiger charge is -2.09. The van der Waals surface area contributed by atoms with Gasteiger partial charge in [-0.2, -0.15) is 19.9 Å². The number of nitro groups is 1. The molecule has 12 nitrogen and oxygen atoms in total. The van der Waals surface area contributed by atoms with E-state index in [0.29, 0.717) is 17.0 Å². The average Bonchev–Trinajstić information content (AvgIpc) is 3.43. The van der Waals surface area contributed by atoms with Crippen molar-refractivity contribution < 1.29 is 9.72 Å². The molecule has 0 aliphatic heterocycles. The minimum absolute atomic E-state index is 0.0427. The van der Waals surface area contributed by atoms with Gasteiger partial charge in [-0.05, 0) is 25.1 Å². The van der Waals surface area contributed by atoms with Crippen molar-refractivity contribution in [3.8, 4) is 11.6 Å². The number of aryl methyl sites for hydroxylation is 1. The second-order valence-corrected chi connectivity index (χ2v) is 7.33. The van der Waals surface area contributed by atoms with Gasteiger partial charge in [-0.3, -0.25) is 24.7 Å². The topological polar surface area (TPSA) is 154 Å². The normalized spacial score (nSPS) is 11.0. The van der Waals surface area contributed by atoms with Crippen LogP contribution in [-0.2, 0) is 0 Å². The Kier molecular flexibility index (Phi) is 4.94. The number of H-pyrrole nitrogens is 1. The molecule has 0 saturated carbocycles. The Morgan fingerprint density at radius 3 is 2.59 bits per heavy atom. The molecular weight excluding hydrogens is 440 g/mol. The molecule has 0 aliphatic carbocycles. The number of hydrogen-bond acceptors (Lipinski definition) is 7. The first-order valence-electron chi connectivity index (χ1n) is 10.1. The number of rotatable bonds is 5. The monoisotopic (exact) mass is 456 g/mol. The fraction of sp³-hybridized carbons (Fsp3) is 0.0455. The van der Waals surface area contributed by atoms with Crippen molar-refractivity contribution in [1.29, 1.82) is 0 Å². The Labute approximate surface area is 190 Å². The lowest BCUT2D eigenvalue weighted by Crippen LogP contribution is -2.19.